The quantitative estimate of drug-likeness (QED) is 0.178. The average Bonchev–Trinajstić information content (AvgIpc) is 3.37. The number of benzene rings is 1. The van der Waals surface area contributed by atoms with Crippen LogP contribution < -0.4 is 0 Å². The molecule has 192 valence electrons. The van der Waals surface area contributed by atoms with E-state index in [1.807, 2.05) is 19.1 Å². The molecule has 2 fully saturated rings. The number of imidazole rings is 1. The molecular formula is C26H27N5O6. The molecule has 2 aliphatic rings. The van der Waals surface area contributed by atoms with E-state index in [0.29, 0.717) is 49.8 Å². The van der Waals surface area contributed by atoms with Gasteiger partial charge in [0, 0.05) is 44.5 Å². The molecule has 0 radical (unpaired) electrons. The molecule has 0 aliphatic carbocycles. The van der Waals surface area contributed by atoms with Crippen molar-refractivity contribution in [3.05, 3.63) is 80.8 Å². The van der Waals surface area contributed by atoms with Gasteiger partial charge in [0.1, 0.15) is 11.3 Å². The molecule has 1 amide bonds. The maximum Gasteiger partial charge on any atom is 0.295 e. The number of aromatic nitrogens is 2. The van der Waals surface area contributed by atoms with E-state index in [9.17, 15) is 24.8 Å². The number of nitro benzene ring substituents is 1. The molecule has 2 saturated heterocycles. The zero-order valence-electron chi connectivity index (χ0n) is 20.6. The van der Waals surface area contributed by atoms with E-state index in [1.54, 1.807) is 23.6 Å². The standard InChI is InChI=1S/C26H27N5O6/c1-16-5-4-8-29-17(2)21(27-25(16)29)23(32)20-22(18-6-3-7-19(15-18)31(35)36)30(26(34)24(20)33)10-9-28-11-13-37-14-12-28/h3-8,15,22,32H,9-14H2,1-2H3/b23-20+. The van der Waals surface area contributed by atoms with E-state index in [4.69, 9.17) is 4.74 Å². The number of carbonyl (C=O) groups is 2. The molecule has 5 rings (SSSR count). The summed E-state index contributed by atoms with van der Waals surface area (Å²) >= 11 is 0. The zero-order valence-corrected chi connectivity index (χ0v) is 20.6. The van der Waals surface area contributed by atoms with Crippen LogP contribution in [-0.2, 0) is 14.3 Å². The SMILES string of the molecule is Cc1cccn2c(C)c(/C(O)=C3\C(=O)C(=O)N(CCN4CCOCC4)C3c3cccc([N+](=O)[O-])c3)nc12. The van der Waals surface area contributed by atoms with Crippen LogP contribution in [0.3, 0.4) is 0 Å². The number of fused-ring (bicyclic) bond motifs is 1. The Labute approximate surface area is 212 Å². The number of ether oxygens (including phenoxy) is 1. The highest BCUT2D eigenvalue weighted by molar-refractivity contribution is 6.46. The Morgan fingerprint density at radius 1 is 1.16 bits per heavy atom. The lowest BCUT2D eigenvalue weighted by molar-refractivity contribution is -0.384. The van der Waals surface area contributed by atoms with Gasteiger partial charge in [0.05, 0.1) is 35.4 Å². The van der Waals surface area contributed by atoms with Gasteiger partial charge in [-0.3, -0.25) is 24.6 Å². The molecule has 1 aromatic carbocycles. The van der Waals surface area contributed by atoms with Crippen LogP contribution in [0.25, 0.3) is 11.4 Å². The van der Waals surface area contributed by atoms with Gasteiger partial charge < -0.3 is 19.1 Å². The van der Waals surface area contributed by atoms with Gasteiger partial charge in [-0.25, -0.2) is 4.98 Å². The third-order valence-corrected chi connectivity index (χ3v) is 7.01. The van der Waals surface area contributed by atoms with Crippen LogP contribution in [0.5, 0.6) is 0 Å². The second-order valence-electron chi connectivity index (χ2n) is 9.23. The fraction of sp³-hybridized carbons (Fsp3) is 0.346. The Kier molecular flexibility index (Phi) is 6.48. The van der Waals surface area contributed by atoms with Crippen molar-refractivity contribution in [2.45, 2.75) is 19.9 Å². The maximum absolute atomic E-state index is 13.4. The van der Waals surface area contributed by atoms with Crippen LogP contribution in [0, 0.1) is 24.0 Å². The summed E-state index contributed by atoms with van der Waals surface area (Å²) in [5, 5.41) is 23.0. The molecule has 3 aromatic rings. The van der Waals surface area contributed by atoms with Crippen molar-refractivity contribution in [2.24, 2.45) is 0 Å². The number of pyridine rings is 1. The topological polar surface area (TPSA) is 131 Å². The van der Waals surface area contributed by atoms with Crippen molar-refractivity contribution in [1.82, 2.24) is 19.2 Å². The van der Waals surface area contributed by atoms with Gasteiger partial charge in [0.15, 0.2) is 5.76 Å². The van der Waals surface area contributed by atoms with E-state index >= 15 is 0 Å². The van der Waals surface area contributed by atoms with E-state index in [1.165, 1.54) is 23.1 Å². The smallest absolute Gasteiger partial charge is 0.295 e. The van der Waals surface area contributed by atoms with Crippen molar-refractivity contribution < 1.29 is 24.4 Å². The second kappa shape index (κ2) is 9.75. The van der Waals surface area contributed by atoms with E-state index in [-0.39, 0.29) is 23.5 Å². The minimum atomic E-state index is -0.994. The number of hydrogen-bond donors (Lipinski definition) is 1. The lowest BCUT2D eigenvalue weighted by Gasteiger charge is -2.30. The van der Waals surface area contributed by atoms with Gasteiger partial charge in [-0.05, 0) is 31.0 Å². The van der Waals surface area contributed by atoms with Crippen LogP contribution in [0.1, 0.15) is 28.6 Å². The Morgan fingerprint density at radius 3 is 2.62 bits per heavy atom. The van der Waals surface area contributed by atoms with Gasteiger partial charge >= 0.3 is 0 Å². The van der Waals surface area contributed by atoms with Crippen LogP contribution in [0.2, 0.25) is 0 Å². The normalized spacial score (nSPS) is 20.2. The van der Waals surface area contributed by atoms with Crippen LogP contribution in [0.4, 0.5) is 5.69 Å². The second-order valence-corrected chi connectivity index (χ2v) is 9.23. The third-order valence-electron chi connectivity index (χ3n) is 7.01. The summed E-state index contributed by atoms with van der Waals surface area (Å²) < 4.78 is 7.19. The number of hydrogen-bond acceptors (Lipinski definition) is 8. The first-order valence-electron chi connectivity index (χ1n) is 12.1. The summed E-state index contributed by atoms with van der Waals surface area (Å²) in [5.74, 6) is -2.00. The Morgan fingerprint density at radius 2 is 1.92 bits per heavy atom. The van der Waals surface area contributed by atoms with Crippen LogP contribution in [0.15, 0.2) is 48.2 Å². The highest BCUT2D eigenvalue weighted by atomic mass is 16.6. The number of ketones is 1. The highest BCUT2D eigenvalue weighted by Crippen LogP contribution is 2.40. The zero-order chi connectivity index (χ0) is 26.3. The molecule has 4 heterocycles. The number of nitrogens with zero attached hydrogens (tertiary/aromatic N) is 5. The number of nitro groups is 1. The van der Waals surface area contributed by atoms with E-state index in [0.717, 1.165) is 5.56 Å². The van der Waals surface area contributed by atoms with Gasteiger partial charge in [-0.15, -0.1) is 0 Å². The average molecular weight is 506 g/mol. The summed E-state index contributed by atoms with van der Waals surface area (Å²) in [5.41, 5.74) is 2.37. The Bertz CT molecular complexity index is 1440. The van der Waals surface area contributed by atoms with Gasteiger partial charge in [0.25, 0.3) is 17.4 Å². The number of amides is 1. The molecule has 1 atom stereocenters. The lowest BCUT2D eigenvalue weighted by Crippen LogP contribution is -2.42. The molecule has 2 aliphatic heterocycles. The summed E-state index contributed by atoms with van der Waals surface area (Å²) in [6, 6.07) is 8.57. The van der Waals surface area contributed by atoms with E-state index in [2.05, 4.69) is 9.88 Å². The summed E-state index contributed by atoms with van der Waals surface area (Å²) in [6.07, 6.45) is 1.81. The molecule has 11 nitrogen and oxygen atoms in total. The number of rotatable bonds is 6. The molecule has 37 heavy (non-hydrogen) atoms. The minimum absolute atomic E-state index is 0.128. The first-order chi connectivity index (χ1) is 17.8. The first kappa shape index (κ1) is 24.6. The molecule has 11 heteroatoms. The van der Waals surface area contributed by atoms with Crippen molar-refractivity contribution in [3.8, 4) is 0 Å². The molecule has 1 unspecified atom stereocenters. The van der Waals surface area contributed by atoms with Crippen LogP contribution in [-0.4, -0.2) is 80.3 Å². The van der Waals surface area contributed by atoms with Gasteiger partial charge in [-0.1, -0.05) is 18.2 Å². The number of morpholine rings is 1. The summed E-state index contributed by atoms with van der Waals surface area (Å²) in [6.45, 7) is 6.92. The maximum atomic E-state index is 13.4. The van der Waals surface area contributed by atoms with Crippen molar-refractivity contribution in [2.75, 3.05) is 39.4 Å². The predicted molar refractivity (Wildman–Crippen MR) is 134 cm³/mol. The molecule has 0 spiro atoms. The summed E-state index contributed by atoms with van der Waals surface area (Å²) in [4.78, 5) is 45.7. The fourth-order valence-corrected chi connectivity index (χ4v) is 5.01. The molecule has 1 N–H and O–H groups in total. The highest BCUT2D eigenvalue weighted by Gasteiger charge is 2.46. The fourth-order valence-electron chi connectivity index (χ4n) is 5.01. The van der Waals surface area contributed by atoms with Crippen LogP contribution >= 0.6 is 0 Å². The largest absolute Gasteiger partial charge is 0.505 e. The first-order valence-corrected chi connectivity index (χ1v) is 12.1. The monoisotopic (exact) mass is 505 g/mol. The number of aryl methyl sites for hydroxylation is 2. The summed E-state index contributed by atoms with van der Waals surface area (Å²) in [7, 11) is 0. The number of aliphatic hydroxyl groups is 1. The van der Waals surface area contributed by atoms with Crippen molar-refractivity contribution in [1.29, 1.82) is 0 Å². The predicted octanol–water partition coefficient (Wildman–Crippen LogP) is 2.61. The number of Topliss-reactive ketones (excluding diaryl/α,β-unsaturated/α-hetero) is 1. The molecule has 0 saturated carbocycles. The Hall–Kier alpha value is -4.09. The number of carbonyl (C=O) groups excluding carboxylic acids is 2. The number of non-ortho nitro benzene ring substituents is 1. The molecular weight excluding hydrogens is 478 g/mol. The molecule has 2 aromatic heterocycles. The van der Waals surface area contributed by atoms with E-state index < -0.39 is 28.4 Å². The van der Waals surface area contributed by atoms with Crippen molar-refractivity contribution >= 4 is 28.8 Å². The van der Waals surface area contributed by atoms with Gasteiger partial charge in [0.2, 0.25) is 0 Å². The molecule has 0 bridgehead atoms. The third kappa shape index (κ3) is 4.36. The number of likely N-dealkylation sites (tertiary alicyclic amines) is 1. The lowest BCUT2D eigenvalue weighted by atomic mass is 9.96. The van der Waals surface area contributed by atoms with Crippen molar-refractivity contribution in [3.63, 3.8) is 0 Å². The Balaban J connectivity index is 1.63. The number of aliphatic hydroxyl groups excluding tert-OH is 1. The van der Waals surface area contributed by atoms with Gasteiger partial charge in [-0.2, -0.15) is 0 Å². The minimum Gasteiger partial charge on any atom is -0.505 e.